The number of piperazine rings is 1. The Hall–Kier alpha value is -2.67. The monoisotopic (exact) mass is 359 g/mol. The maximum Gasteiger partial charge on any atom is 0.258 e. The van der Waals surface area contributed by atoms with Gasteiger partial charge in [0, 0.05) is 56.2 Å². The molecule has 0 unspecified atom stereocenters. The van der Waals surface area contributed by atoms with Gasteiger partial charge in [0.2, 0.25) is 11.9 Å². The SMILES string of the molecule is CC(=O)N1CCN(c2ncc(C(=O)Nc3ccc(Cl)cc3)cn2)CC1. The molecule has 1 fully saturated rings. The number of carbonyl (C=O) groups excluding carboxylic acids is 2. The molecule has 3 rings (SSSR count). The molecule has 0 spiro atoms. The van der Waals surface area contributed by atoms with Gasteiger partial charge in [-0.05, 0) is 24.3 Å². The van der Waals surface area contributed by atoms with Crippen molar-refractivity contribution in [3.63, 3.8) is 0 Å². The molecule has 1 N–H and O–H groups in total. The molecule has 1 aliphatic rings. The van der Waals surface area contributed by atoms with Crippen LogP contribution in [0.15, 0.2) is 36.7 Å². The highest BCUT2D eigenvalue weighted by molar-refractivity contribution is 6.30. The van der Waals surface area contributed by atoms with E-state index in [4.69, 9.17) is 11.6 Å². The molecule has 130 valence electrons. The Morgan fingerprint density at radius 3 is 2.20 bits per heavy atom. The summed E-state index contributed by atoms with van der Waals surface area (Å²) in [6.45, 7) is 4.22. The third kappa shape index (κ3) is 4.24. The third-order valence-corrected chi connectivity index (χ3v) is 4.26. The Bertz CT molecular complexity index is 756. The van der Waals surface area contributed by atoms with Gasteiger partial charge in [-0.1, -0.05) is 11.6 Å². The van der Waals surface area contributed by atoms with Gasteiger partial charge >= 0.3 is 0 Å². The average molecular weight is 360 g/mol. The number of anilines is 2. The molecular formula is C17H18ClN5O2. The highest BCUT2D eigenvalue weighted by Crippen LogP contribution is 2.15. The van der Waals surface area contributed by atoms with Crippen molar-refractivity contribution in [3.05, 3.63) is 47.2 Å². The van der Waals surface area contributed by atoms with Gasteiger partial charge in [0.25, 0.3) is 5.91 Å². The second-order valence-corrected chi connectivity index (χ2v) is 6.16. The van der Waals surface area contributed by atoms with Gasteiger partial charge in [0.05, 0.1) is 5.56 Å². The minimum atomic E-state index is -0.282. The third-order valence-electron chi connectivity index (χ3n) is 4.01. The molecule has 25 heavy (non-hydrogen) atoms. The van der Waals surface area contributed by atoms with E-state index in [1.165, 1.54) is 12.4 Å². The van der Waals surface area contributed by atoms with E-state index in [1.54, 1.807) is 36.1 Å². The van der Waals surface area contributed by atoms with Crippen LogP contribution >= 0.6 is 11.6 Å². The van der Waals surface area contributed by atoms with Crippen LogP contribution in [0.4, 0.5) is 11.6 Å². The first-order chi connectivity index (χ1) is 12.0. The van der Waals surface area contributed by atoms with Crippen molar-refractivity contribution in [2.45, 2.75) is 6.92 Å². The van der Waals surface area contributed by atoms with Crippen LogP contribution in [-0.2, 0) is 4.79 Å². The lowest BCUT2D eigenvalue weighted by atomic mass is 10.2. The van der Waals surface area contributed by atoms with Gasteiger partial charge in [-0.15, -0.1) is 0 Å². The lowest BCUT2D eigenvalue weighted by Gasteiger charge is -2.34. The van der Waals surface area contributed by atoms with Gasteiger partial charge < -0.3 is 15.1 Å². The van der Waals surface area contributed by atoms with Crippen LogP contribution in [-0.4, -0.2) is 52.9 Å². The molecule has 8 heteroatoms. The van der Waals surface area contributed by atoms with Crippen molar-refractivity contribution < 1.29 is 9.59 Å². The van der Waals surface area contributed by atoms with E-state index in [0.29, 0.717) is 48.4 Å². The molecule has 1 aromatic carbocycles. The second kappa shape index (κ2) is 7.48. The Balaban J connectivity index is 1.61. The van der Waals surface area contributed by atoms with Crippen LogP contribution in [0.25, 0.3) is 0 Å². The highest BCUT2D eigenvalue weighted by Gasteiger charge is 2.20. The lowest BCUT2D eigenvalue weighted by molar-refractivity contribution is -0.129. The number of hydrogen-bond acceptors (Lipinski definition) is 5. The fraction of sp³-hybridized carbons (Fsp3) is 0.294. The number of nitrogens with one attached hydrogen (secondary N) is 1. The summed E-state index contributed by atoms with van der Waals surface area (Å²) in [6, 6.07) is 6.86. The van der Waals surface area contributed by atoms with Crippen molar-refractivity contribution in [1.29, 1.82) is 0 Å². The number of halogens is 1. The first-order valence-electron chi connectivity index (χ1n) is 7.92. The lowest BCUT2D eigenvalue weighted by Crippen LogP contribution is -2.48. The highest BCUT2D eigenvalue weighted by atomic mass is 35.5. The molecule has 0 radical (unpaired) electrons. The molecule has 2 aromatic rings. The smallest absolute Gasteiger partial charge is 0.258 e. The number of hydrogen-bond donors (Lipinski definition) is 1. The Morgan fingerprint density at radius 1 is 1.04 bits per heavy atom. The zero-order valence-electron chi connectivity index (χ0n) is 13.8. The number of carbonyl (C=O) groups is 2. The molecule has 1 aliphatic heterocycles. The summed E-state index contributed by atoms with van der Waals surface area (Å²) in [7, 11) is 0. The first kappa shape index (κ1) is 17.2. The van der Waals surface area contributed by atoms with E-state index >= 15 is 0 Å². The Morgan fingerprint density at radius 2 is 1.64 bits per heavy atom. The average Bonchev–Trinajstić information content (AvgIpc) is 2.64. The summed E-state index contributed by atoms with van der Waals surface area (Å²) >= 11 is 5.82. The molecule has 2 heterocycles. The molecule has 2 amide bonds. The normalized spacial score (nSPS) is 14.3. The quantitative estimate of drug-likeness (QED) is 0.907. The van der Waals surface area contributed by atoms with Gasteiger partial charge in [-0.25, -0.2) is 9.97 Å². The summed E-state index contributed by atoms with van der Waals surface area (Å²) < 4.78 is 0. The number of rotatable bonds is 3. The number of nitrogens with zero attached hydrogens (tertiary/aromatic N) is 4. The summed E-state index contributed by atoms with van der Waals surface area (Å²) in [5.41, 5.74) is 1.03. The van der Waals surface area contributed by atoms with E-state index in [-0.39, 0.29) is 11.8 Å². The topological polar surface area (TPSA) is 78.4 Å². The molecule has 0 bridgehead atoms. The molecule has 1 saturated heterocycles. The van der Waals surface area contributed by atoms with E-state index in [0.717, 1.165) is 0 Å². The number of benzene rings is 1. The second-order valence-electron chi connectivity index (χ2n) is 5.73. The molecular weight excluding hydrogens is 342 g/mol. The molecule has 1 aromatic heterocycles. The zero-order chi connectivity index (χ0) is 17.8. The maximum absolute atomic E-state index is 12.2. The summed E-state index contributed by atoms with van der Waals surface area (Å²) in [5.74, 6) is 0.358. The van der Waals surface area contributed by atoms with Crippen LogP contribution in [0.2, 0.25) is 5.02 Å². The standard InChI is InChI=1S/C17H18ClN5O2/c1-12(24)22-6-8-23(9-7-22)17-19-10-13(11-20-17)16(25)21-15-4-2-14(18)3-5-15/h2-5,10-11H,6-9H2,1H3,(H,21,25). The first-order valence-corrected chi connectivity index (χ1v) is 8.30. The van der Waals surface area contributed by atoms with Gasteiger partial charge in [-0.3, -0.25) is 9.59 Å². The van der Waals surface area contributed by atoms with Crippen molar-refractivity contribution >= 4 is 35.1 Å². The Kier molecular flexibility index (Phi) is 5.14. The zero-order valence-corrected chi connectivity index (χ0v) is 14.5. The van der Waals surface area contributed by atoms with E-state index in [1.807, 2.05) is 4.90 Å². The van der Waals surface area contributed by atoms with E-state index in [9.17, 15) is 9.59 Å². The minimum absolute atomic E-state index is 0.0785. The number of amides is 2. The summed E-state index contributed by atoms with van der Waals surface area (Å²) in [4.78, 5) is 35.9. The van der Waals surface area contributed by atoms with Crippen molar-refractivity contribution in [2.75, 3.05) is 36.4 Å². The summed E-state index contributed by atoms with van der Waals surface area (Å²) in [5, 5.41) is 3.37. The van der Waals surface area contributed by atoms with E-state index < -0.39 is 0 Å². The molecule has 0 aliphatic carbocycles. The van der Waals surface area contributed by atoms with Crippen LogP contribution in [0.3, 0.4) is 0 Å². The number of aromatic nitrogens is 2. The minimum Gasteiger partial charge on any atom is -0.339 e. The Labute approximate surface area is 150 Å². The predicted octanol–water partition coefficient (Wildman–Crippen LogP) is 2.05. The fourth-order valence-electron chi connectivity index (χ4n) is 2.56. The van der Waals surface area contributed by atoms with Crippen LogP contribution in [0.1, 0.15) is 17.3 Å². The van der Waals surface area contributed by atoms with Gasteiger partial charge in [0.1, 0.15) is 0 Å². The largest absolute Gasteiger partial charge is 0.339 e. The molecule has 0 atom stereocenters. The van der Waals surface area contributed by atoms with Crippen molar-refractivity contribution in [1.82, 2.24) is 14.9 Å². The fourth-order valence-corrected chi connectivity index (χ4v) is 2.69. The van der Waals surface area contributed by atoms with E-state index in [2.05, 4.69) is 15.3 Å². The van der Waals surface area contributed by atoms with Gasteiger partial charge in [0.15, 0.2) is 0 Å². The predicted molar refractivity (Wildman–Crippen MR) is 95.9 cm³/mol. The van der Waals surface area contributed by atoms with Gasteiger partial charge in [-0.2, -0.15) is 0 Å². The van der Waals surface area contributed by atoms with Crippen molar-refractivity contribution in [2.24, 2.45) is 0 Å². The molecule has 7 nitrogen and oxygen atoms in total. The van der Waals surface area contributed by atoms with Crippen LogP contribution in [0, 0.1) is 0 Å². The molecule has 0 saturated carbocycles. The maximum atomic E-state index is 12.2. The van der Waals surface area contributed by atoms with Crippen LogP contribution < -0.4 is 10.2 Å². The summed E-state index contributed by atoms with van der Waals surface area (Å²) in [6.07, 6.45) is 3.01. The van der Waals surface area contributed by atoms with Crippen LogP contribution in [0.5, 0.6) is 0 Å². The van der Waals surface area contributed by atoms with Crippen molar-refractivity contribution in [3.8, 4) is 0 Å².